The highest BCUT2D eigenvalue weighted by molar-refractivity contribution is 14.1. The fourth-order valence-electron chi connectivity index (χ4n) is 1.02. The summed E-state index contributed by atoms with van der Waals surface area (Å²) in [6.07, 6.45) is 0. The molecule has 0 bridgehead atoms. The molecule has 72 valence electrons. The Bertz CT molecular complexity index is 520. The first-order valence-electron chi connectivity index (χ1n) is 3.68. The first-order valence-corrected chi connectivity index (χ1v) is 4.76. The zero-order valence-electron chi connectivity index (χ0n) is 6.75. The topological polar surface area (TPSA) is 58.9 Å². The third kappa shape index (κ3) is 1.69. The maximum absolute atomic E-state index is 13.3. The van der Waals surface area contributed by atoms with Gasteiger partial charge in [-0.1, -0.05) is 5.16 Å². The Morgan fingerprint density at radius 3 is 2.93 bits per heavy atom. The van der Waals surface area contributed by atoms with Crippen LogP contribution in [0.25, 0.3) is 11.4 Å². The number of H-pyrrole nitrogens is 1. The zero-order chi connectivity index (χ0) is 10.1. The summed E-state index contributed by atoms with van der Waals surface area (Å²) in [4.78, 5) is 12.9. The molecule has 0 saturated carbocycles. The molecule has 2 aromatic rings. The fourth-order valence-corrected chi connectivity index (χ4v) is 1.52. The van der Waals surface area contributed by atoms with Crippen LogP contribution in [0.3, 0.4) is 0 Å². The van der Waals surface area contributed by atoms with E-state index in [1.54, 1.807) is 12.1 Å². The van der Waals surface area contributed by atoms with Gasteiger partial charge in [0.25, 0.3) is 0 Å². The van der Waals surface area contributed by atoms with E-state index in [2.05, 4.69) is 14.7 Å². The Morgan fingerprint density at radius 2 is 2.29 bits per heavy atom. The molecule has 1 aromatic carbocycles. The van der Waals surface area contributed by atoms with Crippen LogP contribution in [-0.4, -0.2) is 10.1 Å². The first-order chi connectivity index (χ1) is 6.66. The van der Waals surface area contributed by atoms with Crippen molar-refractivity contribution in [3.8, 4) is 11.4 Å². The second kappa shape index (κ2) is 3.52. The molecule has 6 heteroatoms. The van der Waals surface area contributed by atoms with E-state index in [1.165, 1.54) is 6.07 Å². The Labute approximate surface area is 91.3 Å². The molecule has 0 aliphatic carbocycles. The highest BCUT2D eigenvalue weighted by Crippen LogP contribution is 2.20. The smallest absolute Gasteiger partial charge is 0.296 e. The molecule has 0 radical (unpaired) electrons. The summed E-state index contributed by atoms with van der Waals surface area (Å²) >= 11 is 2.04. The minimum atomic E-state index is -0.696. The summed E-state index contributed by atoms with van der Waals surface area (Å²) in [5.74, 6) is -1.04. The molecule has 14 heavy (non-hydrogen) atoms. The molecule has 0 saturated heterocycles. The van der Waals surface area contributed by atoms with Crippen LogP contribution in [0.4, 0.5) is 4.39 Å². The van der Waals surface area contributed by atoms with Gasteiger partial charge in [0, 0.05) is 3.57 Å². The lowest BCUT2D eigenvalue weighted by atomic mass is 10.2. The summed E-state index contributed by atoms with van der Waals surface area (Å²) in [6, 6.07) is 4.51. The third-order valence-electron chi connectivity index (χ3n) is 1.62. The third-order valence-corrected chi connectivity index (χ3v) is 2.29. The number of hydrogen-bond donors (Lipinski definition) is 1. The van der Waals surface area contributed by atoms with Gasteiger partial charge in [-0.3, -0.25) is 9.51 Å². The molecule has 4 nitrogen and oxygen atoms in total. The lowest BCUT2D eigenvalue weighted by molar-refractivity contribution is 0.387. The molecule has 0 amide bonds. The normalized spacial score (nSPS) is 10.4. The number of benzene rings is 1. The van der Waals surface area contributed by atoms with Crippen molar-refractivity contribution in [2.75, 3.05) is 0 Å². The summed E-state index contributed by atoms with van der Waals surface area (Å²) in [5.41, 5.74) is 0.225. The summed E-state index contributed by atoms with van der Waals surface area (Å²) in [6.45, 7) is 0. The Hall–Kier alpha value is -1.18. The van der Waals surface area contributed by atoms with Crippen molar-refractivity contribution in [3.05, 3.63) is 38.1 Å². The van der Waals surface area contributed by atoms with Gasteiger partial charge in [-0.15, -0.1) is 0 Å². The van der Waals surface area contributed by atoms with E-state index in [0.29, 0.717) is 0 Å². The van der Waals surface area contributed by atoms with E-state index >= 15 is 0 Å². The van der Waals surface area contributed by atoms with Crippen molar-refractivity contribution in [1.82, 2.24) is 10.1 Å². The molecular formula is C8H4FIN2O2. The van der Waals surface area contributed by atoms with E-state index in [4.69, 9.17) is 0 Å². The maximum atomic E-state index is 13.3. The molecule has 2 rings (SSSR count). The van der Waals surface area contributed by atoms with E-state index in [-0.39, 0.29) is 11.4 Å². The van der Waals surface area contributed by atoms with Crippen molar-refractivity contribution in [2.24, 2.45) is 0 Å². The number of aromatic amines is 1. The van der Waals surface area contributed by atoms with Crippen LogP contribution in [0.2, 0.25) is 0 Å². The quantitative estimate of drug-likeness (QED) is 0.817. The highest BCUT2D eigenvalue weighted by atomic mass is 127. The van der Waals surface area contributed by atoms with Crippen LogP contribution in [0.15, 0.2) is 27.5 Å². The Kier molecular flexibility index (Phi) is 2.36. The average molecular weight is 306 g/mol. The lowest BCUT2D eigenvalue weighted by Gasteiger charge is -1.97. The van der Waals surface area contributed by atoms with E-state index in [1.807, 2.05) is 22.6 Å². The first kappa shape index (κ1) is 9.38. The largest absolute Gasteiger partial charge is 0.439 e. The second-order valence-corrected chi connectivity index (χ2v) is 3.81. The Balaban J connectivity index is 2.61. The van der Waals surface area contributed by atoms with Gasteiger partial charge >= 0.3 is 5.76 Å². The van der Waals surface area contributed by atoms with Crippen molar-refractivity contribution in [1.29, 1.82) is 0 Å². The van der Waals surface area contributed by atoms with Crippen LogP contribution < -0.4 is 5.76 Å². The van der Waals surface area contributed by atoms with Crippen molar-refractivity contribution in [3.63, 3.8) is 0 Å². The van der Waals surface area contributed by atoms with Gasteiger partial charge in [-0.2, -0.15) is 0 Å². The molecule has 0 aliphatic rings. The predicted molar refractivity (Wildman–Crippen MR) is 55.2 cm³/mol. The average Bonchev–Trinajstić information content (AvgIpc) is 2.56. The minimum Gasteiger partial charge on any atom is -0.296 e. The molecule has 1 aromatic heterocycles. The fraction of sp³-hybridized carbons (Fsp3) is 0. The lowest BCUT2D eigenvalue weighted by Crippen LogP contribution is -1.95. The summed E-state index contributed by atoms with van der Waals surface area (Å²) in [5, 5.41) is 3.40. The van der Waals surface area contributed by atoms with E-state index < -0.39 is 11.6 Å². The number of halogens is 2. The Morgan fingerprint density at radius 1 is 1.50 bits per heavy atom. The van der Waals surface area contributed by atoms with Gasteiger partial charge < -0.3 is 0 Å². The predicted octanol–water partition coefficient (Wildman–Crippen LogP) is 1.77. The maximum Gasteiger partial charge on any atom is 0.439 e. The van der Waals surface area contributed by atoms with Crippen LogP contribution in [0.5, 0.6) is 0 Å². The van der Waals surface area contributed by atoms with Gasteiger partial charge in [0.2, 0.25) is 0 Å². The van der Waals surface area contributed by atoms with Crippen LogP contribution >= 0.6 is 22.6 Å². The molecule has 0 fully saturated rings. The van der Waals surface area contributed by atoms with Gasteiger partial charge in [0.1, 0.15) is 5.82 Å². The number of nitrogens with zero attached hydrogens (tertiary/aromatic N) is 1. The van der Waals surface area contributed by atoms with Crippen molar-refractivity contribution >= 4 is 22.6 Å². The zero-order valence-corrected chi connectivity index (χ0v) is 8.91. The number of nitrogens with one attached hydrogen (secondary N) is 1. The van der Waals surface area contributed by atoms with Crippen LogP contribution in [0, 0.1) is 9.39 Å². The van der Waals surface area contributed by atoms with Crippen LogP contribution in [-0.2, 0) is 0 Å². The van der Waals surface area contributed by atoms with E-state index in [0.717, 1.165) is 3.57 Å². The minimum absolute atomic E-state index is 0.103. The molecule has 0 spiro atoms. The molecule has 1 N–H and O–H groups in total. The summed E-state index contributed by atoms with van der Waals surface area (Å²) < 4.78 is 18.4. The van der Waals surface area contributed by atoms with Crippen molar-refractivity contribution < 1.29 is 8.91 Å². The van der Waals surface area contributed by atoms with Gasteiger partial charge in [0.05, 0.1) is 5.56 Å². The number of rotatable bonds is 1. The summed E-state index contributed by atoms with van der Waals surface area (Å²) in [7, 11) is 0. The number of aromatic nitrogens is 2. The monoisotopic (exact) mass is 306 g/mol. The highest BCUT2D eigenvalue weighted by Gasteiger charge is 2.09. The van der Waals surface area contributed by atoms with Crippen LogP contribution in [0.1, 0.15) is 0 Å². The molecule has 0 unspecified atom stereocenters. The van der Waals surface area contributed by atoms with Gasteiger partial charge in [0.15, 0.2) is 5.82 Å². The number of hydrogen-bond acceptors (Lipinski definition) is 3. The standard InChI is InChI=1S/C8H4FIN2O2/c9-6-2-1-4(10)3-5(6)7-11-8(13)14-12-7/h1-3H,(H,11,12,13). The van der Waals surface area contributed by atoms with Gasteiger partial charge in [-0.05, 0) is 40.8 Å². The van der Waals surface area contributed by atoms with Crippen molar-refractivity contribution in [2.45, 2.75) is 0 Å². The molecular weight excluding hydrogens is 302 g/mol. The second-order valence-electron chi connectivity index (χ2n) is 2.57. The van der Waals surface area contributed by atoms with E-state index in [9.17, 15) is 9.18 Å². The SMILES string of the molecule is O=c1[nH]c(-c2cc(I)ccc2F)no1. The molecule has 0 atom stereocenters. The van der Waals surface area contributed by atoms with Gasteiger partial charge in [-0.25, -0.2) is 9.18 Å². The molecule has 0 aliphatic heterocycles. The molecule has 1 heterocycles.